The van der Waals surface area contributed by atoms with Crippen LogP contribution in [-0.4, -0.2) is 50.1 Å². The molecule has 0 aromatic heterocycles. The van der Waals surface area contributed by atoms with Crippen molar-refractivity contribution in [2.24, 2.45) is 0 Å². The molecule has 0 atom stereocenters. The largest absolute Gasteiger partial charge is 0.490 e. The number of rotatable bonds is 6. The van der Waals surface area contributed by atoms with Gasteiger partial charge in [-0.1, -0.05) is 12.1 Å². The van der Waals surface area contributed by atoms with Gasteiger partial charge < -0.3 is 20.1 Å². The number of hydrogen-bond acceptors (Lipinski definition) is 5. The van der Waals surface area contributed by atoms with Crippen molar-refractivity contribution in [3.63, 3.8) is 0 Å². The lowest BCUT2D eigenvalue weighted by Crippen LogP contribution is -2.36. The van der Waals surface area contributed by atoms with Gasteiger partial charge in [0.1, 0.15) is 0 Å². The Morgan fingerprint density at radius 3 is 2.38 bits per heavy atom. The molecular formula is C22H27N3O4. The molecule has 1 heterocycles. The summed E-state index contributed by atoms with van der Waals surface area (Å²) in [6.07, 6.45) is 0.825. The van der Waals surface area contributed by atoms with Gasteiger partial charge in [0.05, 0.1) is 26.3 Å². The molecule has 0 spiro atoms. The molecule has 1 aliphatic rings. The minimum atomic E-state index is -0.207. The number of ether oxygens (including phenoxy) is 2. The average Bonchev–Trinajstić information content (AvgIpc) is 2.89. The number of fused-ring (bicyclic) bond motifs is 1. The van der Waals surface area contributed by atoms with Gasteiger partial charge in [-0.2, -0.15) is 0 Å². The smallest absolute Gasteiger partial charge is 0.238 e. The maximum Gasteiger partial charge on any atom is 0.238 e. The van der Waals surface area contributed by atoms with Crippen LogP contribution in [0.15, 0.2) is 36.4 Å². The molecule has 0 fully saturated rings. The second-order valence-electron chi connectivity index (χ2n) is 7.30. The Bertz CT molecular complexity index is 898. The molecule has 2 amide bonds. The number of anilines is 2. The fourth-order valence-corrected chi connectivity index (χ4v) is 3.05. The highest BCUT2D eigenvalue weighted by molar-refractivity contribution is 5.95. The molecule has 3 rings (SSSR count). The van der Waals surface area contributed by atoms with E-state index >= 15 is 0 Å². The summed E-state index contributed by atoms with van der Waals surface area (Å²) >= 11 is 0. The lowest BCUT2D eigenvalue weighted by Gasteiger charge is -2.17. The topological polar surface area (TPSA) is 79.9 Å². The molecule has 0 saturated carbocycles. The van der Waals surface area contributed by atoms with Gasteiger partial charge in [0.2, 0.25) is 11.8 Å². The predicted molar refractivity (Wildman–Crippen MR) is 113 cm³/mol. The van der Waals surface area contributed by atoms with Crippen LogP contribution in [0.4, 0.5) is 11.4 Å². The van der Waals surface area contributed by atoms with Crippen LogP contribution in [0.1, 0.15) is 17.5 Å². The van der Waals surface area contributed by atoms with Crippen LogP contribution >= 0.6 is 0 Å². The van der Waals surface area contributed by atoms with Crippen molar-refractivity contribution in [3.8, 4) is 11.5 Å². The number of carbonyl (C=O) groups excluding carboxylic acids is 2. The highest BCUT2D eigenvalue weighted by Crippen LogP contribution is 2.32. The SMILES string of the molecule is Cc1ccc(C)c(NC(=O)CN(C)CC(=O)Nc2ccc3c(c2)OCCCO3)c1. The third kappa shape index (κ3) is 5.96. The van der Waals surface area contributed by atoms with Crippen LogP contribution < -0.4 is 20.1 Å². The summed E-state index contributed by atoms with van der Waals surface area (Å²) in [7, 11) is 1.73. The van der Waals surface area contributed by atoms with Gasteiger partial charge >= 0.3 is 0 Å². The monoisotopic (exact) mass is 397 g/mol. The fourth-order valence-electron chi connectivity index (χ4n) is 3.05. The standard InChI is InChI=1S/C22H27N3O4/c1-15-5-6-16(2)18(11-15)24-22(27)14-25(3)13-21(26)23-17-7-8-19-20(12-17)29-10-4-9-28-19/h5-8,11-12H,4,9-10,13-14H2,1-3H3,(H,23,26)(H,24,27). The van der Waals surface area contributed by atoms with Crippen LogP contribution in [0, 0.1) is 13.8 Å². The van der Waals surface area contributed by atoms with E-state index in [1.807, 2.05) is 32.0 Å². The zero-order valence-corrected chi connectivity index (χ0v) is 17.1. The quantitative estimate of drug-likeness (QED) is 0.783. The molecule has 0 aliphatic carbocycles. The number of nitrogens with zero attached hydrogens (tertiary/aromatic N) is 1. The third-order valence-electron chi connectivity index (χ3n) is 4.53. The van der Waals surface area contributed by atoms with Gasteiger partial charge in [-0.05, 0) is 50.2 Å². The van der Waals surface area contributed by atoms with Crippen molar-refractivity contribution in [1.29, 1.82) is 0 Å². The molecular weight excluding hydrogens is 370 g/mol. The summed E-state index contributed by atoms with van der Waals surface area (Å²) in [4.78, 5) is 26.3. The van der Waals surface area contributed by atoms with Crippen LogP contribution in [-0.2, 0) is 9.59 Å². The second kappa shape index (κ2) is 9.43. The Kier molecular flexibility index (Phi) is 6.72. The minimum absolute atomic E-state index is 0.0919. The summed E-state index contributed by atoms with van der Waals surface area (Å²) in [5.41, 5.74) is 3.50. The van der Waals surface area contributed by atoms with E-state index in [1.165, 1.54) is 0 Å². The first kappa shape index (κ1) is 20.7. The Morgan fingerprint density at radius 1 is 0.931 bits per heavy atom. The van der Waals surface area contributed by atoms with E-state index in [2.05, 4.69) is 10.6 Å². The normalized spacial score (nSPS) is 13.0. The van der Waals surface area contributed by atoms with Crippen molar-refractivity contribution in [2.75, 3.05) is 44.0 Å². The molecule has 0 unspecified atom stereocenters. The minimum Gasteiger partial charge on any atom is -0.490 e. The van der Waals surface area contributed by atoms with Gasteiger partial charge in [0.25, 0.3) is 0 Å². The van der Waals surface area contributed by atoms with Gasteiger partial charge in [-0.3, -0.25) is 14.5 Å². The van der Waals surface area contributed by atoms with Crippen LogP contribution in [0.2, 0.25) is 0 Å². The van der Waals surface area contributed by atoms with Crippen molar-refractivity contribution >= 4 is 23.2 Å². The molecule has 29 heavy (non-hydrogen) atoms. The maximum atomic E-state index is 12.3. The lowest BCUT2D eigenvalue weighted by atomic mass is 10.1. The van der Waals surface area contributed by atoms with Crippen LogP contribution in [0.3, 0.4) is 0 Å². The molecule has 2 aromatic rings. The third-order valence-corrected chi connectivity index (χ3v) is 4.53. The summed E-state index contributed by atoms with van der Waals surface area (Å²) < 4.78 is 11.2. The molecule has 2 aromatic carbocycles. The number of likely N-dealkylation sites (N-methyl/N-ethyl adjacent to an activating group) is 1. The van der Waals surface area contributed by atoms with Gasteiger partial charge in [0.15, 0.2) is 11.5 Å². The summed E-state index contributed by atoms with van der Waals surface area (Å²) in [5.74, 6) is 0.938. The highest BCUT2D eigenvalue weighted by atomic mass is 16.5. The summed E-state index contributed by atoms with van der Waals surface area (Å²) in [5, 5.41) is 5.74. The Balaban J connectivity index is 1.50. The van der Waals surface area contributed by atoms with E-state index in [0.717, 1.165) is 23.2 Å². The van der Waals surface area contributed by atoms with E-state index in [4.69, 9.17) is 9.47 Å². The number of carbonyl (C=O) groups is 2. The van der Waals surface area contributed by atoms with Crippen molar-refractivity contribution in [1.82, 2.24) is 4.90 Å². The molecule has 154 valence electrons. The maximum absolute atomic E-state index is 12.3. The highest BCUT2D eigenvalue weighted by Gasteiger charge is 2.14. The number of aryl methyl sites for hydroxylation is 2. The van der Waals surface area contributed by atoms with Crippen LogP contribution in [0.25, 0.3) is 0 Å². The Morgan fingerprint density at radius 2 is 1.62 bits per heavy atom. The van der Waals surface area contributed by atoms with Crippen molar-refractivity contribution in [3.05, 3.63) is 47.5 Å². The van der Waals surface area contributed by atoms with Crippen LogP contribution in [0.5, 0.6) is 11.5 Å². The van der Waals surface area contributed by atoms with Crippen molar-refractivity contribution < 1.29 is 19.1 Å². The molecule has 2 N–H and O–H groups in total. The zero-order chi connectivity index (χ0) is 20.8. The Hall–Kier alpha value is -3.06. The average molecular weight is 397 g/mol. The number of hydrogen-bond donors (Lipinski definition) is 2. The number of benzene rings is 2. The number of nitrogens with one attached hydrogen (secondary N) is 2. The molecule has 7 nitrogen and oxygen atoms in total. The van der Waals surface area contributed by atoms with E-state index in [0.29, 0.717) is 30.4 Å². The van der Waals surface area contributed by atoms with Gasteiger partial charge in [-0.15, -0.1) is 0 Å². The first-order valence-corrected chi connectivity index (χ1v) is 9.66. The Labute approximate surface area is 171 Å². The van der Waals surface area contributed by atoms with Gasteiger partial charge in [-0.25, -0.2) is 0 Å². The van der Waals surface area contributed by atoms with Crippen molar-refractivity contribution in [2.45, 2.75) is 20.3 Å². The molecule has 0 saturated heterocycles. The zero-order valence-electron chi connectivity index (χ0n) is 17.1. The van der Waals surface area contributed by atoms with E-state index in [-0.39, 0.29) is 24.9 Å². The first-order chi connectivity index (χ1) is 13.9. The second-order valence-corrected chi connectivity index (χ2v) is 7.30. The van der Waals surface area contributed by atoms with E-state index in [1.54, 1.807) is 30.1 Å². The number of amides is 2. The predicted octanol–water partition coefficient (Wildman–Crippen LogP) is 2.97. The lowest BCUT2D eigenvalue weighted by molar-refractivity contribution is -0.119. The fraction of sp³-hybridized carbons (Fsp3) is 0.364. The molecule has 1 aliphatic heterocycles. The summed E-state index contributed by atoms with van der Waals surface area (Å²) in [6, 6.07) is 11.2. The molecule has 0 bridgehead atoms. The molecule has 7 heteroatoms. The molecule has 0 radical (unpaired) electrons. The first-order valence-electron chi connectivity index (χ1n) is 9.66. The van der Waals surface area contributed by atoms with Gasteiger partial charge in [0, 0.05) is 23.9 Å². The summed E-state index contributed by atoms with van der Waals surface area (Å²) in [6.45, 7) is 5.33. The van der Waals surface area contributed by atoms with E-state index in [9.17, 15) is 9.59 Å². The van der Waals surface area contributed by atoms with E-state index < -0.39 is 0 Å².